The Morgan fingerprint density at radius 1 is 1.38 bits per heavy atom. The fourth-order valence-corrected chi connectivity index (χ4v) is 1.24. The van der Waals surface area contributed by atoms with E-state index in [9.17, 15) is 0 Å². The van der Waals surface area contributed by atoms with Crippen LogP contribution in [-0.2, 0) is 0 Å². The summed E-state index contributed by atoms with van der Waals surface area (Å²) in [5.74, 6) is 0.843. The SMILES string of the molecule is CCOc1cccc(/C=N/n2cnnc2)c1. The summed E-state index contributed by atoms with van der Waals surface area (Å²) in [5, 5.41) is 11.5. The first-order valence-electron chi connectivity index (χ1n) is 5.00. The second kappa shape index (κ2) is 5.06. The molecule has 5 heteroatoms. The van der Waals surface area contributed by atoms with Gasteiger partial charge in [-0.15, -0.1) is 10.2 Å². The largest absolute Gasteiger partial charge is 0.494 e. The highest BCUT2D eigenvalue weighted by Crippen LogP contribution is 2.11. The molecule has 0 unspecified atom stereocenters. The molecule has 0 bridgehead atoms. The van der Waals surface area contributed by atoms with Crippen LogP contribution in [0.25, 0.3) is 0 Å². The summed E-state index contributed by atoms with van der Waals surface area (Å²) in [6, 6.07) is 7.73. The lowest BCUT2D eigenvalue weighted by Crippen LogP contribution is -1.93. The van der Waals surface area contributed by atoms with E-state index in [0.29, 0.717) is 6.61 Å². The van der Waals surface area contributed by atoms with Gasteiger partial charge in [-0.3, -0.25) is 0 Å². The van der Waals surface area contributed by atoms with Crippen LogP contribution in [0.15, 0.2) is 42.0 Å². The molecule has 1 heterocycles. The normalized spacial score (nSPS) is 10.8. The molecule has 16 heavy (non-hydrogen) atoms. The van der Waals surface area contributed by atoms with Gasteiger partial charge in [0, 0.05) is 0 Å². The minimum absolute atomic E-state index is 0.659. The zero-order valence-corrected chi connectivity index (χ0v) is 8.95. The molecule has 82 valence electrons. The van der Waals surface area contributed by atoms with Gasteiger partial charge in [-0.05, 0) is 24.6 Å². The summed E-state index contributed by atoms with van der Waals surface area (Å²) in [6.45, 7) is 2.62. The Bertz CT molecular complexity index is 465. The lowest BCUT2D eigenvalue weighted by molar-refractivity contribution is 0.340. The highest BCUT2D eigenvalue weighted by Gasteiger charge is 1.93. The van der Waals surface area contributed by atoms with Crippen molar-refractivity contribution in [1.82, 2.24) is 14.9 Å². The molecule has 0 fully saturated rings. The molecule has 0 N–H and O–H groups in total. The molecule has 1 aromatic carbocycles. The topological polar surface area (TPSA) is 52.3 Å². The van der Waals surface area contributed by atoms with Crippen LogP contribution in [0.3, 0.4) is 0 Å². The van der Waals surface area contributed by atoms with Crippen LogP contribution >= 0.6 is 0 Å². The molecule has 0 amide bonds. The molecule has 0 saturated heterocycles. The Morgan fingerprint density at radius 3 is 2.94 bits per heavy atom. The fraction of sp³-hybridized carbons (Fsp3) is 0.182. The third-order valence-corrected chi connectivity index (χ3v) is 1.92. The number of hydrogen-bond donors (Lipinski definition) is 0. The summed E-state index contributed by atoms with van der Waals surface area (Å²) in [4.78, 5) is 0. The standard InChI is InChI=1S/C11H12N4O/c1-2-16-11-5-3-4-10(6-11)7-14-15-8-12-13-9-15/h3-9H,2H2,1H3/b14-7+. The van der Waals surface area contributed by atoms with Crippen molar-refractivity contribution in [1.29, 1.82) is 0 Å². The van der Waals surface area contributed by atoms with Gasteiger partial charge in [0.05, 0.1) is 12.8 Å². The van der Waals surface area contributed by atoms with E-state index in [4.69, 9.17) is 4.74 Å². The smallest absolute Gasteiger partial charge is 0.141 e. The van der Waals surface area contributed by atoms with Crippen LogP contribution in [0.1, 0.15) is 12.5 Å². The van der Waals surface area contributed by atoms with Crippen molar-refractivity contribution in [3.8, 4) is 5.75 Å². The van der Waals surface area contributed by atoms with Crippen molar-refractivity contribution in [2.24, 2.45) is 5.10 Å². The van der Waals surface area contributed by atoms with E-state index in [-0.39, 0.29) is 0 Å². The third-order valence-electron chi connectivity index (χ3n) is 1.92. The van der Waals surface area contributed by atoms with Crippen molar-refractivity contribution in [3.05, 3.63) is 42.5 Å². The van der Waals surface area contributed by atoms with E-state index in [1.165, 1.54) is 17.3 Å². The van der Waals surface area contributed by atoms with E-state index >= 15 is 0 Å². The van der Waals surface area contributed by atoms with Gasteiger partial charge in [-0.2, -0.15) is 5.10 Å². The number of rotatable bonds is 4. The highest BCUT2D eigenvalue weighted by atomic mass is 16.5. The molecule has 2 aromatic rings. The van der Waals surface area contributed by atoms with Crippen LogP contribution in [0.2, 0.25) is 0 Å². The lowest BCUT2D eigenvalue weighted by Gasteiger charge is -2.02. The second-order valence-corrected chi connectivity index (χ2v) is 3.09. The predicted octanol–water partition coefficient (Wildman–Crippen LogP) is 1.56. The summed E-state index contributed by atoms with van der Waals surface area (Å²) < 4.78 is 6.93. The summed E-state index contributed by atoms with van der Waals surface area (Å²) >= 11 is 0. The maximum absolute atomic E-state index is 5.39. The Labute approximate surface area is 93.4 Å². The first-order valence-corrected chi connectivity index (χ1v) is 5.00. The Morgan fingerprint density at radius 2 is 2.19 bits per heavy atom. The summed E-state index contributed by atoms with van der Waals surface area (Å²) in [7, 11) is 0. The first kappa shape index (κ1) is 10.4. The molecule has 0 aliphatic heterocycles. The van der Waals surface area contributed by atoms with Crippen molar-refractivity contribution >= 4 is 6.21 Å². The molecule has 0 saturated carbocycles. The van der Waals surface area contributed by atoms with Crippen LogP contribution in [0, 0.1) is 0 Å². The third kappa shape index (κ3) is 2.66. The number of hydrogen-bond acceptors (Lipinski definition) is 4. The van der Waals surface area contributed by atoms with Crippen molar-refractivity contribution in [2.75, 3.05) is 6.61 Å². The fourth-order valence-electron chi connectivity index (χ4n) is 1.24. The monoisotopic (exact) mass is 216 g/mol. The minimum atomic E-state index is 0.659. The number of ether oxygens (including phenoxy) is 1. The molecule has 5 nitrogen and oxygen atoms in total. The van der Waals surface area contributed by atoms with Crippen LogP contribution in [0.4, 0.5) is 0 Å². The van der Waals surface area contributed by atoms with Gasteiger partial charge in [0.2, 0.25) is 0 Å². The van der Waals surface area contributed by atoms with Crippen molar-refractivity contribution in [2.45, 2.75) is 6.92 Å². The van der Waals surface area contributed by atoms with E-state index < -0.39 is 0 Å². The Kier molecular flexibility index (Phi) is 3.28. The first-order chi connectivity index (χ1) is 7.88. The molecular weight excluding hydrogens is 204 g/mol. The van der Waals surface area contributed by atoms with Gasteiger partial charge in [0.15, 0.2) is 0 Å². The van der Waals surface area contributed by atoms with Crippen molar-refractivity contribution < 1.29 is 4.74 Å². The average molecular weight is 216 g/mol. The van der Waals surface area contributed by atoms with Gasteiger partial charge in [0.25, 0.3) is 0 Å². The maximum atomic E-state index is 5.39. The zero-order valence-electron chi connectivity index (χ0n) is 8.95. The second-order valence-electron chi connectivity index (χ2n) is 3.09. The van der Waals surface area contributed by atoms with Gasteiger partial charge in [0.1, 0.15) is 18.4 Å². The van der Waals surface area contributed by atoms with Gasteiger partial charge < -0.3 is 4.74 Å². The number of aromatic nitrogens is 3. The summed E-state index contributed by atoms with van der Waals surface area (Å²) in [6.07, 6.45) is 4.79. The lowest BCUT2D eigenvalue weighted by atomic mass is 10.2. The quantitative estimate of drug-likeness (QED) is 0.729. The maximum Gasteiger partial charge on any atom is 0.141 e. The van der Waals surface area contributed by atoms with E-state index in [1.54, 1.807) is 6.21 Å². The van der Waals surface area contributed by atoms with Crippen LogP contribution in [0.5, 0.6) is 5.75 Å². The highest BCUT2D eigenvalue weighted by molar-refractivity contribution is 5.80. The molecule has 2 rings (SSSR count). The average Bonchev–Trinajstić information content (AvgIpc) is 2.80. The van der Waals surface area contributed by atoms with Gasteiger partial charge >= 0.3 is 0 Å². The molecular formula is C11H12N4O. The van der Waals surface area contributed by atoms with Crippen LogP contribution in [-0.4, -0.2) is 27.7 Å². The van der Waals surface area contributed by atoms with Gasteiger partial charge in [-0.25, -0.2) is 4.68 Å². The molecule has 0 aliphatic carbocycles. The van der Waals surface area contributed by atoms with Gasteiger partial charge in [-0.1, -0.05) is 12.1 Å². The predicted molar refractivity (Wildman–Crippen MR) is 60.6 cm³/mol. The van der Waals surface area contributed by atoms with E-state index in [1.807, 2.05) is 31.2 Å². The van der Waals surface area contributed by atoms with Crippen LogP contribution < -0.4 is 4.74 Å². The summed E-state index contributed by atoms with van der Waals surface area (Å²) in [5.41, 5.74) is 0.972. The molecule has 0 radical (unpaired) electrons. The zero-order chi connectivity index (χ0) is 11.2. The minimum Gasteiger partial charge on any atom is -0.494 e. The molecule has 0 spiro atoms. The Balaban J connectivity index is 2.12. The van der Waals surface area contributed by atoms with Crippen molar-refractivity contribution in [3.63, 3.8) is 0 Å². The van der Waals surface area contributed by atoms with E-state index in [0.717, 1.165) is 11.3 Å². The number of nitrogens with zero attached hydrogens (tertiary/aromatic N) is 4. The Hall–Kier alpha value is -2.17. The molecule has 0 aliphatic rings. The number of benzene rings is 1. The molecule has 1 aromatic heterocycles. The molecule has 0 atom stereocenters. The van der Waals surface area contributed by atoms with E-state index in [2.05, 4.69) is 15.3 Å².